The smallest absolute Gasteiger partial charge is 0.256 e. The van der Waals surface area contributed by atoms with Gasteiger partial charge in [0.15, 0.2) is 0 Å². The van der Waals surface area contributed by atoms with Crippen LogP contribution in [0.25, 0.3) is 10.9 Å². The van der Waals surface area contributed by atoms with Crippen LogP contribution in [0.2, 0.25) is 0 Å². The van der Waals surface area contributed by atoms with Crippen molar-refractivity contribution >= 4 is 16.7 Å². The summed E-state index contributed by atoms with van der Waals surface area (Å²) in [4.78, 5) is 27.5. The molecular weight excluding hydrogens is 410 g/mol. The van der Waals surface area contributed by atoms with Gasteiger partial charge in [-0.1, -0.05) is 25.1 Å². The molecule has 3 heterocycles. The summed E-state index contributed by atoms with van der Waals surface area (Å²) in [5, 5.41) is 1.19. The van der Waals surface area contributed by atoms with Gasteiger partial charge in [-0.05, 0) is 62.8 Å². The van der Waals surface area contributed by atoms with Gasteiger partial charge in [0.25, 0.3) is 5.56 Å². The molecule has 3 aromatic rings. The Hall–Kier alpha value is -2.73. The van der Waals surface area contributed by atoms with Gasteiger partial charge in [0.1, 0.15) is 11.6 Å². The van der Waals surface area contributed by atoms with Gasteiger partial charge in [0, 0.05) is 50.6 Å². The topological polar surface area (TPSA) is 54.3 Å². The van der Waals surface area contributed by atoms with Gasteiger partial charge in [-0.25, -0.2) is 9.97 Å². The van der Waals surface area contributed by atoms with Crippen LogP contribution in [0.15, 0.2) is 41.2 Å². The van der Waals surface area contributed by atoms with Crippen molar-refractivity contribution in [1.82, 2.24) is 19.4 Å². The van der Waals surface area contributed by atoms with E-state index >= 15 is 0 Å². The van der Waals surface area contributed by atoms with E-state index in [4.69, 9.17) is 9.97 Å². The Kier molecular flexibility index (Phi) is 6.45. The quantitative estimate of drug-likeness (QED) is 0.539. The summed E-state index contributed by atoms with van der Waals surface area (Å²) in [6, 6.07) is 12.6. The molecule has 5 rings (SSSR count). The number of pyridine rings is 1. The normalized spacial score (nSPS) is 19.1. The van der Waals surface area contributed by atoms with E-state index < -0.39 is 0 Å². The third-order valence-electron chi connectivity index (χ3n) is 7.44. The van der Waals surface area contributed by atoms with Gasteiger partial charge in [0.2, 0.25) is 0 Å². The molecule has 6 heteroatoms. The molecule has 1 aromatic carbocycles. The van der Waals surface area contributed by atoms with Crippen LogP contribution in [0.1, 0.15) is 55.6 Å². The minimum Gasteiger partial charge on any atom is -0.354 e. The molecule has 1 aliphatic carbocycles. The maximum absolute atomic E-state index is 12.8. The molecule has 1 atom stereocenters. The highest BCUT2D eigenvalue weighted by Crippen LogP contribution is 2.28. The maximum atomic E-state index is 12.8. The van der Waals surface area contributed by atoms with Crippen LogP contribution >= 0.6 is 0 Å². The molecule has 2 aromatic heterocycles. The van der Waals surface area contributed by atoms with Gasteiger partial charge < -0.3 is 4.90 Å². The van der Waals surface area contributed by atoms with Crippen molar-refractivity contribution in [3.8, 4) is 0 Å². The predicted molar refractivity (Wildman–Crippen MR) is 134 cm³/mol. The third-order valence-corrected chi connectivity index (χ3v) is 7.44. The van der Waals surface area contributed by atoms with E-state index in [9.17, 15) is 4.79 Å². The predicted octanol–water partition coefficient (Wildman–Crippen LogP) is 3.91. The molecular formula is C27H35N5O. The van der Waals surface area contributed by atoms with Gasteiger partial charge in [-0.2, -0.15) is 0 Å². The Bertz CT molecular complexity index is 1180. The fourth-order valence-corrected chi connectivity index (χ4v) is 5.35. The summed E-state index contributed by atoms with van der Waals surface area (Å²) in [5.41, 5.74) is 3.27. The highest BCUT2D eigenvalue weighted by atomic mass is 16.1. The summed E-state index contributed by atoms with van der Waals surface area (Å²) in [6.07, 6.45) is 6.23. The van der Waals surface area contributed by atoms with E-state index in [0.717, 1.165) is 99.7 Å². The summed E-state index contributed by atoms with van der Waals surface area (Å²) in [6.45, 7) is 7.49. The second-order valence-corrected chi connectivity index (χ2v) is 9.70. The van der Waals surface area contributed by atoms with Crippen LogP contribution in [-0.2, 0) is 19.9 Å². The average molecular weight is 446 g/mol. The molecule has 1 saturated heterocycles. The lowest BCUT2D eigenvalue weighted by Gasteiger charge is -2.35. The van der Waals surface area contributed by atoms with E-state index in [1.807, 2.05) is 7.05 Å². The van der Waals surface area contributed by atoms with E-state index in [2.05, 4.69) is 53.1 Å². The van der Waals surface area contributed by atoms with Gasteiger partial charge in [-0.15, -0.1) is 0 Å². The summed E-state index contributed by atoms with van der Waals surface area (Å²) in [5.74, 6) is 2.46. The van der Waals surface area contributed by atoms with Crippen molar-refractivity contribution in [2.24, 2.45) is 7.05 Å². The summed E-state index contributed by atoms with van der Waals surface area (Å²) in [7, 11) is 1.89. The zero-order valence-electron chi connectivity index (χ0n) is 20.0. The number of hydrogen-bond donors (Lipinski definition) is 0. The average Bonchev–Trinajstić information content (AvgIpc) is 2.85. The van der Waals surface area contributed by atoms with Crippen LogP contribution in [0.4, 0.5) is 5.82 Å². The lowest BCUT2D eigenvalue weighted by atomic mass is 9.88. The Morgan fingerprint density at radius 2 is 1.82 bits per heavy atom. The number of unbranched alkanes of at least 4 members (excludes halogenated alkanes) is 1. The highest BCUT2D eigenvalue weighted by Gasteiger charge is 2.23. The number of hydrogen-bond acceptors (Lipinski definition) is 5. The van der Waals surface area contributed by atoms with E-state index in [0.29, 0.717) is 5.92 Å². The van der Waals surface area contributed by atoms with Crippen LogP contribution in [0.5, 0.6) is 0 Å². The van der Waals surface area contributed by atoms with Crippen LogP contribution in [0, 0.1) is 0 Å². The van der Waals surface area contributed by atoms with Crippen molar-refractivity contribution in [2.75, 3.05) is 37.6 Å². The number of anilines is 1. The Morgan fingerprint density at radius 3 is 2.67 bits per heavy atom. The summed E-state index contributed by atoms with van der Waals surface area (Å²) < 4.78 is 1.80. The molecule has 1 unspecified atom stereocenters. The van der Waals surface area contributed by atoms with Crippen molar-refractivity contribution < 1.29 is 0 Å². The number of para-hydroxylation sites is 1. The zero-order valence-corrected chi connectivity index (χ0v) is 20.0. The fourth-order valence-electron chi connectivity index (χ4n) is 5.35. The second-order valence-electron chi connectivity index (χ2n) is 9.70. The Balaban J connectivity index is 1.11. The van der Waals surface area contributed by atoms with Crippen LogP contribution in [-0.4, -0.2) is 52.2 Å². The number of nitrogens with zero attached hydrogens (tertiary/aromatic N) is 5. The molecule has 0 bridgehead atoms. The van der Waals surface area contributed by atoms with Gasteiger partial charge in [-0.3, -0.25) is 14.3 Å². The number of aryl methyl sites for hydroxylation is 1. The molecule has 174 valence electrons. The van der Waals surface area contributed by atoms with Crippen LogP contribution < -0.4 is 10.5 Å². The first-order valence-electron chi connectivity index (χ1n) is 12.5. The van der Waals surface area contributed by atoms with E-state index in [1.54, 1.807) is 4.57 Å². The van der Waals surface area contributed by atoms with Crippen molar-refractivity contribution in [3.05, 3.63) is 63.8 Å². The Morgan fingerprint density at radius 1 is 1.00 bits per heavy atom. The highest BCUT2D eigenvalue weighted by molar-refractivity contribution is 5.80. The minimum absolute atomic E-state index is 0.181. The molecule has 6 nitrogen and oxygen atoms in total. The molecule has 33 heavy (non-hydrogen) atoms. The zero-order chi connectivity index (χ0) is 22.8. The van der Waals surface area contributed by atoms with E-state index in [-0.39, 0.29) is 5.56 Å². The molecule has 0 N–H and O–H groups in total. The monoisotopic (exact) mass is 445 g/mol. The number of fused-ring (bicyclic) bond motifs is 2. The van der Waals surface area contributed by atoms with Crippen molar-refractivity contribution in [2.45, 2.75) is 51.4 Å². The fraction of sp³-hybridized carbons (Fsp3) is 0.519. The molecule has 0 saturated carbocycles. The van der Waals surface area contributed by atoms with Crippen molar-refractivity contribution in [3.63, 3.8) is 0 Å². The molecule has 0 radical (unpaired) electrons. The lowest BCUT2D eigenvalue weighted by Crippen LogP contribution is -2.46. The first-order chi connectivity index (χ1) is 16.1. The molecule has 1 fully saturated rings. The Labute approximate surface area is 196 Å². The lowest BCUT2D eigenvalue weighted by molar-refractivity contribution is 0.252. The maximum Gasteiger partial charge on any atom is 0.256 e. The third kappa shape index (κ3) is 4.67. The largest absolute Gasteiger partial charge is 0.354 e. The standard InChI is InChI=1S/C27H35N5O/c1-20-8-7-10-22-26(20)29-24(30(2)27(22)33)12-5-6-15-31-16-18-32(19-17-31)25-14-13-21-9-3-4-11-23(21)28-25/h3-4,9,11,13-14,20H,5-8,10,12,15-19H2,1-2H3. The molecule has 1 aliphatic heterocycles. The number of aromatic nitrogens is 3. The van der Waals surface area contributed by atoms with E-state index in [1.165, 1.54) is 5.39 Å². The molecule has 0 amide bonds. The number of piperazine rings is 1. The van der Waals surface area contributed by atoms with Crippen molar-refractivity contribution in [1.29, 1.82) is 0 Å². The molecule has 2 aliphatic rings. The van der Waals surface area contributed by atoms with Gasteiger partial charge >= 0.3 is 0 Å². The molecule has 0 spiro atoms. The number of rotatable bonds is 6. The SMILES string of the molecule is CC1CCCc2c1nc(CCCCN1CCN(c3ccc4ccccc4n3)CC1)n(C)c2=O. The number of benzene rings is 1. The first-order valence-corrected chi connectivity index (χ1v) is 12.5. The van der Waals surface area contributed by atoms with Gasteiger partial charge in [0.05, 0.1) is 11.2 Å². The summed E-state index contributed by atoms with van der Waals surface area (Å²) >= 11 is 0. The second kappa shape index (κ2) is 9.64. The minimum atomic E-state index is 0.181. The first kappa shape index (κ1) is 22.1. The van der Waals surface area contributed by atoms with Crippen LogP contribution in [0.3, 0.4) is 0 Å².